The molecule has 0 atom stereocenters. The van der Waals surface area contributed by atoms with E-state index in [1.165, 1.54) is 15.9 Å². The average Bonchev–Trinajstić information content (AvgIpc) is 3.26. The SMILES string of the molecule is C=CCOc1ccc(/C=c2\sc3nc(-c4cccc(C)c4)nn3c2=O)cc1OC. The molecule has 2 aromatic heterocycles. The van der Waals surface area contributed by atoms with E-state index < -0.39 is 0 Å². The van der Waals surface area contributed by atoms with Gasteiger partial charge in [-0.1, -0.05) is 53.8 Å². The van der Waals surface area contributed by atoms with Gasteiger partial charge in [-0.25, -0.2) is 0 Å². The van der Waals surface area contributed by atoms with Crippen LogP contribution in [0, 0.1) is 6.92 Å². The van der Waals surface area contributed by atoms with Gasteiger partial charge in [0.15, 0.2) is 17.3 Å². The van der Waals surface area contributed by atoms with Crippen molar-refractivity contribution in [2.45, 2.75) is 6.92 Å². The van der Waals surface area contributed by atoms with Crippen LogP contribution in [0.4, 0.5) is 0 Å². The summed E-state index contributed by atoms with van der Waals surface area (Å²) in [6.45, 7) is 6.04. The number of thiazole rings is 1. The van der Waals surface area contributed by atoms with E-state index in [1.54, 1.807) is 19.3 Å². The lowest BCUT2D eigenvalue weighted by Gasteiger charge is -2.09. The minimum absolute atomic E-state index is 0.192. The zero-order chi connectivity index (χ0) is 20.4. The van der Waals surface area contributed by atoms with Gasteiger partial charge in [-0.3, -0.25) is 4.79 Å². The molecule has 29 heavy (non-hydrogen) atoms. The van der Waals surface area contributed by atoms with Crippen LogP contribution in [0.3, 0.4) is 0 Å². The summed E-state index contributed by atoms with van der Waals surface area (Å²) in [4.78, 5) is 17.9. The summed E-state index contributed by atoms with van der Waals surface area (Å²) >= 11 is 1.31. The van der Waals surface area contributed by atoms with Crippen molar-refractivity contribution >= 4 is 22.4 Å². The molecule has 2 aromatic carbocycles. The number of benzene rings is 2. The third-order valence-corrected chi connectivity index (χ3v) is 5.26. The van der Waals surface area contributed by atoms with E-state index in [2.05, 4.69) is 16.7 Å². The van der Waals surface area contributed by atoms with Gasteiger partial charge in [0.05, 0.1) is 11.6 Å². The van der Waals surface area contributed by atoms with Crippen LogP contribution in [0.2, 0.25) is 0 Å². The van der Waals surface area contributed by atoms with Gasteiger partial charge in [0.1, 0.15) is 6.61 Å². The number of methoxy groups -OCH3 is 1. The molecular formula is C22H19N3O3S. The number of aromatic nitrogens is 3. The molecule has 0 unspecified atom stereocenters. The molecule has 0 aliphatic carbocycles. The van der Waals surface area contributed by atoms with Crippen molar-refractivity contribution in [3.63, 3.8) is 0 Å². The number of nitrogens with zero attached hydrogens (tertiary/aromatic N) is 3. The van der Waals surface area contributed by atoms with Crippen molar-refractivity contribution in [2.75, 3.05) is 13.7 Å². The second-order valence-electron chi connectivity index (χ2n) is 6.43. The van der Waals surface area contributed by atoms with Crippen molar-refractivity contribution in [3.8, 4) is 22.9 Å². The Morgan fingerprint density at radius 1 is 1.21 bits per heavy atom. The van der Waals surface area contributed by atoms with Crippen molar-refractivity contribution in [3.05, 3.63) is 81.1 Å². The second-order valence-corrected chi connectivity index (χ2v) is 7.43. The summed E-state index contributed by atoms with van der Waals surface area (Å²) in [6, 6.07) is 13.4. The van der Waals surface area contributed by atoms with E-state index in [-0.39, 0.29) is 5.56 Å². The van der Waals surface area contributed by atoms with Gasteiger partial charge in [0.2, 0.25) is 4.96 Å². The number of hydrogen-bond donors (Lipinski definition) is 0. The maximum Gasteiger partial charge on any atom is 0.291 e. The molecule has 0 saturated carbocycles. The minimum atomic E-state index is -0.192. The van der Waals surface area contributed by atoms with Crippen LogP contribution >= 0.6 is 11.3 Å². The maximum absolute atomic E-state index is 12.8. The molecule has 6 nitrogen and oxygen atoms in total. The molecule has 7 heteroatoms. The van der Waals surface area contributed by atoms with E-state index in [0.717, 1.165) is 16.7 Å². The fourth-order valence-electron chi connectivity index (χ4n) is 2.93. The summed E-state index contributed by atoms with van der Waals surface area (Å²) in [7, 11) is 1.58. The Bertz CT molecular complexity index is 1310. The molecule has 146 valence electrons. The summed E-state index contributed by atoms with van der Waals surface area (Å²) in [5.41, 5.74) is 2.65. The van der Waals surface area contributed by atoms with Gasteiger partial charge >= 0.3 is 0 Å². The standard InChI is InChI=1S/C22H19N3O3S/c1-4-10-28-17-9-8-15(12-18(17)27-3)13-19-21(26)25-22(29-19)23-20(24-25)16-7-5-6-14(2)11-16/h4-9,11-13H,1,10H2,2-3H3/b19-13-. The smallest absolute Gasteiger partial charge is 0.291 e. The molecule has 0 amide bonds. The first-order chi connectivity index (χ1) is 14.1. The van der Waals surface area contributed by atoms with Crippen LogP contribution in [0.25, 0.3) is 22.4 Å². The van der Waals surface area contributed by atoms with E-state index in [1.807, 2.05) is 49.4 Å². The predicted molar refractivity (Wildman–Crippen MR) is 115 cm³/mol. The number of hydrogen-bond acceptors (Lipinski definition) is 6. The van der Waals surface area contributed by atoms with E-state index in [4.69, 9.17) is 9.47 Å². The fraction of sp³-hybridized carbons (Fsp3) is 0.136. The van der Waals surface area contributed by atoms with Gasteiger partial charge in [0, 0.05) is 5.56 Å². The Kier molecular flexibility index (Phi) is 5.14. The van der Waals surface area contributed by atoms with Crippen LogP contribution in [0.1, 0.15) is 11.1 Å². The monoisotopic (exact) mass is 405 g/mol. The molecular weight excluding hydrogens is 386 g/mol. The van der Waals surface area contributed by atoms with Crippen molar-refractivity contribution in [1.82, 2.24) is 14.6 Å². The topological polar surface area (TPSA) is 65.7 Å². The van der Waals surface area contributed by atoms with Gasteiger partial charge < -0.3 is 9.47 Å². The highest BCUT2D eigenvalue weighted by Gasteiger charge is 2.12. The van der Waals surface area contributed by atoms with Crippen molar-refractivity contribution in [2.24, 2.45) is 0 Å². The van der Waals surface area contributed by atoms with Crippen LogP contribution in [-0.2, 0) is 0 Å². The van der Waals surface area contributed by atoms with Crippen molar-refractivity contribution < 1.29 is 9.47 Å². The highest BCUT2D eigenvalue weighted by molar-refractivity contribution is 7.15. The Hall–Kier alpha value is -3.45. The van der Waals surface area contributed by atoms with Gasteiger partial charge in [0.25, 0.3) is 5.56 Å². The third kappa shape index (κ3) is 3.77. The van der Waals surface area contributed by atoms with E-state index in [0.29, 0.717) is 33.4 Å². The number of rotatable bonds is 6. The molecule has 4 aromatic rings. The van der Waals surface area contributed by atoms with Crippen LogP contribution in [-0.4, -0.2) is 28.3 Å². The zero-order valence-electron chi connectivity index (χ0n) is 16.1. The Morgan fingerprint density at radius 3 is 2.79 bits per heavy atom. The number of fused-ring (bicyclic) bond motifs is 1. The summed E-state index contributed by atoms with van der Waals surface area (Å²) in [6.07, 6.45) is 3.47. The highest BCUT2D eigenvalue weighted by atomic mass is 32.1. The molecule has 0 N–H and O–H groups in total. The molecule has 0 bridgehead atoms. The Balaban J connectivity index is 1.72. The molecule has 0 fully saturated rings. The molecule has 0 spiro atoms. The van der Waals surface area contributed by atoms with Crippen LogP contribution in [0.5, 0.6) is 11.5 Å². The van der Waals surface area contributed by atoms with Crippen LogP contribution in [0.15, 0.2) is 59.9 Å². The first kappa shape index (κ1) is 18.9. The van der Waals surface area contributed by atoms with E-state index >= 15 is 0 Å². The average molecular weight is 405 g/mol. The van der Waals surface area contributed by atoms with Crippen LogP contribution < -0.4 is 19.6 Å². The van der Waals surface area contributed by atoms with Gasteiger partial charge in [-0.2, -0.15) is 9.50 Å². The quantitative estimate of drug-likeness (QED) is 0.461. The summed E-state index contributed by atoms with van der Waals surface area (Å²) in [5, 5.41) is 4.40. The predicted octanol–water partition coefficient (Wildman–Crippen LogP) is 3.25. The molecule has 4 rings (SSSR count). The normalized spacial score (nSPS) is 11.7. The van der Waals surface area contributed by atoms with Crippen molar-refractivity contribution in [1.29, 1.82) is 0 Å². The lowest BCUT2D eigenvalue weighted by atomic mass is 10.1. The largest absolute Gasteiger partial charge is 0.493 e. The Morgan fingerprint density at radius 2 is 2.07 bits per heavy atom. The van der Waals surface area contributed by atoms with E-state index in [9.17, 15) is 4.79 Å². The zero-order valence-corrected chi connectivity index (χ0v) is 16.9. The molecule has 2 heterocycles. The second kappa shape index (κ2) is 7.89. The third-order valence-electron chi connectivity index (χ3n) is 4.30. The lowest BCUT2D eigenvalue weighted by Crippen LogP contribution is -2.23. The fourth-order valence-corrected chi connectivity index (χ4v) is 3.84. The first-order valence-electron chi connectivity index (χ1n) is 8.99. The Labute approximate surface area is 171 Å². The first-order valence-corrected chi connectivity index (χ1v) is 9.81. The minimum Gasteiger partial charge on any atom is -0.493 e. The lowest BCUT2D eigenvalue weighted by molar-refractivity contribution is 0.326. The van der Waals surface area contributed by atoms with Gasteiger partial charge in [-0.15, -0.1) is 5.10 Å². The summed E-state index contributed by atoms with van der Waals surface area (Å²) in [5.74, 6) is 1.76. The molecule has 0 aliphatic heterocycles. The molecule has 0 saturated heterocycles. The van der Waals surface area contributed by atoms with Gasteiger partial charge in [-0.05, 0) is 36.8 Å². The molecule has 0 radical (unpaired) electrons. The molecule has 0 aliphatic rings. The highest BCUT2D eigenvalue weighted by Crippen LogP contribution is 2.28. The number of aryl methyl sites for hydroxylation is 1. The number of ether oxygens (including phenoxy) is 2. The maximum atomic E-state index is 12.8. The summed E-state index contributed by atoms with van der Waals surface area (Å²) < 4.78 is 12.9.